The summed E-state index contributed by atoms with van der Waals surface area (Å²) in [5.41, 5.74) is 3.44. The molecule has 21 heavy (non-hydrogen) atoms. The highest BCUT2D eigenvalue weighted by Gasteiger charge is 2.65. The lowest BCUT2D eigenvalue weighted by Crippen LogP contribution is -2.20. The number of fused-ring (bicyclic) bond motifs is 1. The maximum Gasteiger partial charge on any atom is 0.161 e. The van der Waals surface area contributed by atoms with Crippen LogP contribution in [-0.4, -0.2) is 12.3 Å². The second-order valence-corrected chi connectivity index (χ2v) is 6.87. The molecule has 0 saturated heterocycles. The summed E-state index contributed by atoms with van der Waals surface area (Å²) in [6.45, 7) is 7.28. The highest BCUT2D eigenvalue weighted by molar-refractivity contribution is 6.01. The van der Waals surface area contributed by atoms with Crippen LogP contribution in [0.2, 0.25) is 0 Å². The summed E-state index contributed by atoms with van der Waals surface area (Å²) in [6, 6.07) is 6.58. The summed E-state index contributed by atoms with van der Waals surface area (Å²) in [7, 11) is 0. The Morgan fingerprint density at radius 1 is 1.33 bits per heavy atom. The van der Waals surface area contributed by atoms with Gasteiger partial charge in [-0.2, -0.15) is 0 Å². The van der Waals surface area contributed by atoms with E-state index < -0.39 is 0 Å². The fourth-order valence-corrected chi connectivity index (χ4v) is 3.76. The third-order valence-electron chi connectivity index (χ3n) is 5.19. The van der Waals surface area contributed by atoms with Gasteiger partial charge in [-0.25, -0.2) is 4.39 Å². The van der Waals surface area contributed by atoms with Crippen LogP contribution < -0.4 is 5.32 Å². The van der Waals surface area contributed by atoms with Gasteiger partial charge in [0, 0.05) is 24.2 Å². The average molecular weight is 287 g/mol. The third kappa shape index (κ3) is 2.50. The summed E-state index contributed by atoms with van der Waals surface area (Å²) in [4.78, 5) is 12.1. The molecule has 0 spiro atoms. The van der Waals surface area contributed by atoms with E-state index in [0.29, 0.717) is 29.5 Å². The molecule has 112 valence electrons. The number of halogens is 1. The van der Waals surface area contributed by atoms with Gasteiger partial charge in [0.2, 0.25) is 0 Å². The molecule has 0 aliphatic heterocycles. The molecule has 0 amide bonds. The molecule has 0 heterocycles. The number of benzene rings is 1. The monoisotopic (exact) mass is 287 g/mol. The Morgan fingerprint density at radius 3 is 2.62 bits per heavy atom. The molecule has 2 aliphatic rings. The topological polar surface area (TPSA) is 29.1 Å². The van der Waals surface area contributed by atoms with Gasteiger partial charge in [0.1, 0.15) is 5.82 Å². The zero-order valence-electron chi connectivity index (χ0n) is 12.9. The van der Waals surface area contributed by atoms with E-state index in [4.69, 9.17) is 0 Å². The van der Waals surface area contributed by atoms with Crippen LogP contribution in [0.4, 0.5) is 4.39 Å². The summed E-state index contributed by atoms with van der Waals surface area (Å²) < 4.78 is 12.8. The Kier molecular flexibility index (Phi) is 3.39. The van der Waals surface area contributed by atoms with E-state index in [2.05, 4.69) is 19.2 Å². The van der Waals surface area contributed by atoms with Crippen molar-refractivity contribution in [1.29, 1.82) is 0 Å². The lowest BCUT2D eigenvalue weighted by Gasteiger charge is -2.14. The summed E-state index contributed by atoms with van der Waals surface area (Å²) in [6.07, 6.45) is 1.54. The van der Waals surface area contributed by atoms with E-state index in [9.17, 15) is 9.18 Å². The predicted octanol–water partition coefficient (Wildman–Crippen LogP) is 3.48. The Labute approximate surface area is 125 Å². The molecule has 0 bridgehead atoms. The van der Waals surface area contributed by atoms with Crippen molar-refractivity contribution in [2.45, 2.75) is 33.6 Å². The minimum atomic E-state index is -0.205. The van der Waals surface area contributed by atoms with Crippen molar-refractivity contribution in [3.8, 4) is 0 Å². The minimum absolute atomic E-state index is 0.205. The Hall–Kier alpha value is -1.64. The van der Waals surface area contributed by atoms with Gasteiger partial charge in [0.05, 0.1) is 0 Å². The maximum absolute atomic E-state index is 12.8. The van der Waals surface area contributed by atoms with E-state index in [1.165, 1.54) is 12.1 Å². The average Bonchev–Trinajstić information content (AvgIpc) is 2.80. The number of rotatable bonds is 4. The number of nitrogens with one attached hydrogen (secondary N) is 1. The van der Waals surface area contributed by atoms with E-state index in [1.807, 2.05) is 6.92 Å². The molecule has 2 aliphatic carbocycles. The smallest absolute Gasteiger partial charge is 0.161 e. The highest BCUT2D eigenvalue weighted by Crippen LogP contribution is 2.68. The van der Waals surface area contributed by atoms with Gasteiger partial charge in [-0.1, -0.05) is 26.0 Å². The number of hydrogen-bond donors (Lipinski definition) is 1. The molecule has 2 fully saturated rings. The third-order valence-corrected chi connectivity index (χ3v) is 5.19. The molecule has 0 aromatic heterocycles. The zero-order valence-corrected chi connectivity index (χ0v) is 12.9. The summed E-state index contributed by atoms with van der Waals surface area (Å²) in [5, 5.41) is 3.38. The SMILES string of the molecule is C/C(NCCc1ccc(F)cc1)=C1/C(=O)C[C@@H]2[C@H]1C2(C)C. The second-order valence-electron chi connectivity index (χ2n) is 6.87. The number of hydrogen-bond acceptors (Lipinski definition) is 2. The van der Waals surface area contributed by atoms with Crippen molar-refractivity contribution in [3.05, 3.63) is 46.9 Å². The number of allylic oxidation sites excluding steroid dienone is 2. The second kappa shape index (κ2) is 4.97. The van der Waals surface area contributed by atoms with E-state index >= 15 is 0 Å². The van der Waals surface area contributed by atoms with Crippen LogP contribution in [0.1, 0.15) is 32.8 Å². The number of carbonyl (C=O) groups is 1. The molecular formula is C18H22FNO. The quantitative estimate of drug-likeness (QED) is 0.859. The normalized spacial score (nSPS) is 28.3. The standard InChI is InChI=1S/C18H22FNO/c1-11(16-15(21)10-14-17(16)18(14,2)3)20-9-8-12-4-6-13(19)7-5-12/h4-7,14,17,20H,8-10H2,1-3H3/b16-11+/t14-,17-/m1/s1. The first-order valence-electron chi connectivity index (χ1n) is 7.63. The number of ketones is 1. The van der Waals surface area contributed by atoms with E-state index in [-0.39, 0.29) is 5.82 Å². The van der Waals surface area contributed by atoms with Gasteiger partial charge in [-0.3, -0.25) is 4.79 Å². The van der Waals surface area contributed by atoms with Gasteiger partial charge >= 0.3 is 0 Å². The van der Waals surface area contributed by atoms with Crippen LogP contribution in [0.25, 0.3) is 0 Å². The molecular weight excluding hydrogens is 265 g/mol. The van der Waals surface area contributed by atoms with Crippen LogP contribution in [0, 0.1) is 23.1 Å². The van der Waals surface area contributed by atoms with Crippen LogP contribution in [0.15, 0.2) is 35.5 Å². The fraction of sp³-hybridized carbons (Fsp3) is 0.500. The van der Waals surface area contributed by atoms with Gasteiger partial charge in [0.25, 0.3) is 0 Å². The minimum Gasteiger partial charge on any atom is -0.388 e. The lowest BCUT2D eigenvalue weighted by atomic mass is 9.95. The van der Waals surface area contributed by atoms with Crippen molar-refractivity contribution >= 4 is 5.78 Å². The molecule has 2 nitrogen and oxygen atoms in total. The number of Topliss-reactive ketones (excluding diaryl/α,β-unsaturated/α-hetero) is 1. The molecule has 1 aromatic carbocycles. The zero-order chi connectivity index (χ0) is 15.2. The summed E-state index contributed by atoms with van der Waals surface area (Å²) in [5.74, 6) is 1.11. The maximum atomic E-state index is 12.8. The van der Waals surface area contributed by atoms with Crippen LogP contribution >= 0.6 is 0 Å². The van der Waals surface area contributed by atoms with Crippen molar-refractivity contribution in [2.24, 2.45) is 17.3 Å². The fourth-order valence-electron chi connectivity index (χ4n) is 3.76. The predicted molar refractivity (Wildman–Crippen MR) is 81.2 cm³/mol. The molecule has 1 aromatic rings. The largest absolute Gasteiger partial charge is 0.388 e. The van der Waals surface area contributed by atoms with Crippen molar-refractivity contribution < 1.29 is 9.18 Å². The van der Waals surface area contributed by atoms with Crippen LogP contribution in [0.5, 0.6) is 0 Å². The van der Waals surface area contributed by atoms with E-state index in [1.54, 1.807) is 12.1 Å². The van der Waals surface area contributed by atoms with Crippen molar-refractivity contribution in [3.63, 3.8) is 0 Å². The Balaban J connectivity index is 1.61. The Morgan fingerprint density at radius 2 is 2.00 bits per heavy atom. The first kappa shape index (κ1) is 14.3. The van der Waals surface area contributed by atoms with Gasteiger partial charge in [0.15, 0.2) is 5.78 Å². The van der Waals surface area contributed by atoms with Gasteiger partial charge in [-0.15, -0.1) is 0 Å². The molecule has 0 radical (unpaired) electrons. The molecule has 3 rings (SSSR count). The molecule has 2 saturated carbocycles. The first-order chi connectivity index (χ1) is 9.91. The summed E-state index contributed by atoms with van der Waals surface area (Å²) >= 11 is 0. The van der Waals surface area contributed by atoms with Crippen LogP contribution in [0.3, 0.4) is 0 Å². The molecule has 3 heteroatoms. The van der Waals surface area contributed by atoms with Crippen molar-refractivity contribution in [2.75, 3.05) is 6.54 Å². The molecule has 0 unspecified atom stereocenters. The highest BCUT2D eigenvalue weighted by atomic mass is 19.1. The molecule has 2 atom stereocenters. The van der Waals surface area contributed by atoms with Crippen molar-refractivity contribution in [1.82, 2.24) is 5.32 Å². The Bertz CT molecular complexity index is 600. The van der Waals surface area contributed by atoms with E-state index in [0.717, 1.165) is 29.8 Å². The first-order valence-corrected chi connectivity index (χ1v) is 7.63. The van der Waals surface area contributed by atoms with Gasteiger partial charge in [-0.05, 0) is 48.3 Å². The lowest BCUT2D eigenvalue weighted by molar-refractivity contribution is -0.115. The number of carbonyl (C=O) groups excluding carboxylic acids is 1. The van der Waals surface area contributed by atoms with Gasteiger partial charge < -0.3 is 5.32 Å². The van der Waals surface area contributed by atoms with Crippen LogP contribution in [-0.2, 0) is 11.2 Å². The molecule has 1 N–H and O–H groups in total.